The third kappa shape index (κ3) is 5.81. The molecular weight excluding hydrogens is 273 g/mol. The van der Waals surface area contributed by atoms with Crippen LogP contribution >= 0.6 is 0 Å². The third-order valence-corrected chi connectivity index (χ3v) is 2.30. The minimum atomic E-state index is -4.71. The Balaban J connectivity index is 2.59. The van der Waals surface area contributed by atoms with Crippen molar-refractivity contribution < 1.29 is 22.7 Å². The van der Waals surface area contributed by atoms with Gasteiger partial charge in [-0.15, -0.1) is 13.2 Å². The second kappa shape index (κ2) is 6.49. The minimum Gasteiger partial charge on any atom is -0.406 e. The van der Waals surface area contributed by atoms with Crippen molar-refractivity contribution in [1.82, 2.24) is 5.32 Å². The van der Waals surface area contributed by atoms with Gasteiger partial charge in [0, 0.05) is 11.7 Å². The number of carbonyl (C=O) groups excluding carboxylic acids is 1. The van der Waals surface area contributed by atoms with Gasteiger partial charge in [0.05, 0.1) is 0 Å². The van der Waals surface area contributed by atoms with E-state index in [-0.39, 0.29) is 17.7 Å². The largest absolute Gasteiger partial charge is 0.573 e. The van der Waals surface area contributed by atoms with Gasteiger partial charge in [-0.1, -0.05) is 0 Å². The molecule has 0 aromatic heterocycles. The predicted octanol–water partition coefficient (Wildman–Crippen LogP) is 2.91. The number of alkyl halides is 3. The lowest BCUT2D eigenvalue weighted by Gasteiger charge is -2.17. The van der Waals surface area contributed by atoms with Crippen LogP contribution in [0.2, 0.25) is 0 Å². The first-order valence-electron chi connectivity index (χ1n) is 6.10. The number of hydrogen-bond donors (Lipinski definition) is 2. The van der Waals surface area contributed by atoms with Crippen molar-refractivity contribution in [2.24, 2.45) is 0 Å². The van der Waals surface area contributed by atoms with Crippen LogP contribution in [0.4, 0.5) is 18.9 Å². The van der Waals surface area contributed by atoms with Crippen LogP contribution in [0.25, 0.3) is 0 Å². The number of rotatable bonds is 5. The molecule has 1 unspecified atom stereocenters. The molecule has 0 saturated heterocycles. The second-order valence-corrected chi connectivity index (χ2v) is 4.60. The highest BCUT2D eigenvalue weighted by Crippen LogP contribution is 2.24. The molecule has 0 saturated carbocycles. The van der Waals surface area contributed by atoms with E-state index in [1.807, 2.05) is 13.8 Å². The van der Waals surface area contributed by atoms with Crippen molar-refractivity contribution in [2.75, 3.05) is 5.32 Å². The van der Waals surface area contributed by atoms with Crippen molar-refractivity contribution in [3.05, 3.63) is 24.3 Å². The van der Waals surface area contributed by atoms with E-state index >= 15 is 0 Å². The van der Waals surface area contributed by atoms with Gasteiger partial charge in [0.2, 0.25) is 5.91 Å². The van der Waals surface area contributed by atoms with Crippen LogP contribution in [-0.4, -0.2) is 24.4 Å². The molecule has 0 bridgehead atoms. The number of ether oxygens (including phenoxy) is 1. The Labute approximate surface area is 115 Å². The van der Waals surface area contributed by atoms with E-state index in [4.69, 9.17) is 0 Å². The average molecular weight is 290 g/mol. The van der Waals surface area contributed by atoms with Gasteiger partial charge in [0.1, 0.15) is 11.8 Å². The lowest BCUT2D eigenvalue weighted by Crippen LogP contribution is -2.40. The van der Waals surface area contributed by atoms with E-state index in [9.17, 15) is 18.0 Å². The maximum absolute atomic E-state index is 12.0. The lowest BCUT2D eigenvalue weighted by atomic mass is 10.2. The summed E-state index contributed by atoms with van der Waals surface area (Å²) in [6.45, 7) is 5.35. The van der Waals surface area contributed by atoms with Crippen molar-refractivity contribution in [2.45, 2.75) is 39.2 Å². The smallest absolute Gasteiger partial charge is 0.406 e. The number of benzene rings is 1. The Morgan fingerprint density at radius 1 is 1.15 bits per heavy atom. The van der Waals surface area contributed by atoms with Crippen LogP contribution in [0.1, 0.15) is 20.8 Å². The normalized spacial score (nSPS) is 12.9. The van der Waals surface area contributed by atoms with Crippen LogP contribution in [-0.2, 0) is 4.79 Å². The molecule has 0 aliphatic rings. The summed E-state index contributed by atoms with van der Waals surface area (Å²) in [7, 11) is 0. The maximum Gasteiger partial charge on any atom is 0.573 e. The third-order valence-electron chi connectivity index (χ3n) is 2.30. The Morgan fingerprint density at radius 2 is 1.70 bits per heavy atom. The van der Waals surface area contributed by atoms with Gasteiger partial charge in [-0.25, -0.2) is 0 Å². The molecule has 4 nitrogen and oxygen atoms in total. The molecular formula is C13H17F3N2O2. The summed E-state index contributed by atoms with van der Waals surface area (Å²) < 4.78 is 39.7. The molecule has 0 heterocycles. The number of carbonyl (C=O) groups is 1. The zero-order valence-electron chi connectivity index (χ0n) is 11.4. The Morgan fingerprint density at radius 3 is 2.15 bits per heavy atom. The molecule has 0 radical (unpaired) electrons. The van der Waals surface area contributed by atoms with E-state index in [2.05, 4.69) is 15.4 Å². The highest BCUT2D eigenvalue weighted by Gasteiger charge is 2.30. The van der Waals surface area contributed by atoms with Gasteiger partial charge < -0.3 is 15.4 Å². The van der Waals surface area contributed by atoms with Gasteiger partial charge in [-0.3, -0.25) is 4.79 Å². The molecule has 1 amide bonds. The number of anilines is 1. The standard InChI is InChI=1S/C13H17F3N2O2/c1-8(2)17-12(19)9(3)18-10-4-6-11(7-5-10)20-13(14,15)16/h4-9,18H,1-3H3,(H,17,19). The topological polar surface area (TPSA) is 50.4 Å². The Kier molecular flexibility index (Phi) is 5.24. The quantitative estimate of drug-likeness (QED) is 0.876. The summed E-state index contributed by atoms with van der Waals surface area (Å²) in [6.07, 6.45) is -4.71. The first kappa shape index (κ1) is 16.1. The molecule has 112 valence electrons. The summed E-state index contributed by atoms with van der Waals surface area (Å²) >= 11 is 0. The molecule has 0 fully saturated rings. The van der Waals surface area contributed by atoms with Gasteiger partial charge in [-0.2, -0.15) is 0 Å². The lowest BCUT2D eigenvalue weighted by molar-refractivity contribution is -0.274. The number of nitrogens with one attached hydrogen (secondary N) is 2. The van der Waals surface area contributed by atoms with E-state index < -0.39 is 12.4 Å². The second-order valence-electron chi connectivity index (χ2n) is 4.60. The summed E-state index contributed by atoms with van der Waals surface area (Å²) in [6, 6.07) is 4.73. The highest BCUT2D eigenvalue weighted by atomic mass is 19.4. The number of hydrogen-bond acceptors (Lipinski definition) is 3. The van der Waals surface area contributed by atoms with Crippen molar-refractivity contribution in [1.29, 1.82) is 0 Å². The fourth-order valence-electron chi connectivity index (χ4n) is 1.48. The van der Waals surface area contributed by atoms with Crippen LogP contribution in [0.3, 0.4) is 0 Å². The molecule has 7 heteroatoms. The van der Waals surface area contributed by atoms with E-state index in [0.717, 1.165) is 0 Å². The van der Waals surface area contributed by atoms with Crippen LogP contribution < -0.4 is 15.4 Å². The molecule has 1 rings (SSSR count). The summed E-state index contributed by atoms with van der Waals surface area (Å²) in [5.41, 5.74) is 0.533. The van der Waals surface area contributed by atoms with Crippen LogP contribution in [0, 0.1) is 0 Å². The first-order chi connectivity index (χ1) is 9.17. The maximum atomic E-state index is 12.0. The molecule has 20 heavy (non-hydrogen) atoms. The molecule has 2 N–H and O–H groups in total. The first-order valence-corrected chi connectivity index (χ1v) is 6.10. The van der Waals surface area contributed by atoms with Crippen LogP contribution in [0.5, 0.6) is 5.75 Å². The fourth-order valence-corrected chi connectivity index (χ4v) is 1.48. The van der Waals surface area contributed by atoms with Crippen molar-refractivity contribution in [3.63, 3.8) is 0 Å². The van der Waals surface area contributed by atoms with Gasteiger partial charge in [0.15, 0.2) is 0 Å². The monoisotopic (exact) mass is 290 g/mol. The van der Waals surface area contributed by atoms with Crippen molar-refractivity contribution >= 4 is 11.6 Å². The van der Waals surface area contributed by atoms with Gasteiger partial charge in [0.25, 0.3) is 0 Å². The SMILES string of the molecule is CC(C)NC(=O)C(C)Nc1ccc(OC(F)(F)F)cc1. The van der Waals surface area contributed by atoms with E-state index in [1.165, 1.54) is 24.3 Å². The molecule has 0 aliphatic heterocycles. The number of halogens is 3. The highest BCUT2D eigenvalue weighted by molar-refractivity contribution is 5.84. The Bertz CT molecular complexity index is 444. The Hall–Kier alpha value is -1.92. The van der Waals surface area contributed by atoms with Gasteiger partial charge in [-0.05, 0) is 45.0 Å². The average Bonchev–Trinajstić information content (AvgIpc) is 2.28. The zero-order chi connectivity index (χ0) is 15.3. The molecule has 1 aromatic carbocycles. The molecule has 0 spiro atoms. The summed E-state index contributed by atoms with van der Waals surface area (Å²) in [5, 5.41) is 5.62. The zero-order valence-corrected chi connectivity index (χ0v) is 11.4. The number of amides is 1. The molecule has 1 aromatic rings. The fraction of sp³-hybridized carbons (Fsp3) is 0.462. The van der Waals surface area contributed by atoms with Crippen molar-refractivity contribution in [3.8, 4) is 5.75 Å². The molecule has 0 aliphatic carbocycles. The van der Waals surface area contributed by atoms with Crippen LogP contribution in [0.15, 0.2) is 24.3 Å². The van der Waals surface area contributed by atoms with Gasteiger partial charge >= 0.3 is 6.36 Å². The predicted molar refractivity (Wildman–Crippen MR) is 69.5 cm³/mol. The molecule has 1 atom stereocenters. The van der Waals surface area contributed by atoms with E-state index in [1.54, 1.807) is 6.92 Å². The minimum absolute atomic E-state index is 0.0225. The summed E-state index contributed by atoms with van der Waals surface area (Å²) in [4.78, 5) is 11.7. The summed E-state index contributed by atoms with van der Waals surface area (Å²) in [5.74, 6) is -0.488. The van der Waals surface area contributed by atoms with E-state index in [0.29, 0.717) is 5.69 Å².